The first-order chi connectivity index (χ1) is 8.63. The molecule has 1 atom stereocenters. The Labute approximate surface area is 107 Å². The van der Waals surface area contributed by atoms with Crippen molar-refractivity contribution in [3.63, 3.8) is 0 Å². The van der Waals surface area contributed by atoms with Crippen molar-refractivity contribution in [1.82, 2.24) is 0 Å². The molecule has 18 heavy (non-hydrogen) atoms. The first kappa shape index (κ1) is 11.6. The van der Waals surface area contributed by atoms with Crippen molar-refractivity contribution < 1.29 is 14.6 Å². The fourth-order valence-corrected chi connectivity index (χ4v) is 3.39. The number of carboxylic acid groups (broad SMARTS) is 1. The van der Waals surface area contributed by atoms with Crippen LogP contribution in [0.4, 0.5) is 0 Å². The zero-order valence-electron chi connectivity index (χ0n) is 10.6. The largest absolute Gasteiger partial charge is 0.490 e. The highest BCUT2D eigenvalue weighted by atomic mass is 16.5. The van der Waals surface area contributed by atoms with Crippen LogP contribution in [0.5, 0.6) is 5.75 Å². The maximum Gasteiger partial charge on any atom is 0.314 e. The van der Waals surface area contributed by atoms with Crippen molar-refractivity contribution >= 4 is 5.97 Å². The second-order valence-corrected chi connectivity index (χ2v) is 5.52. The summed E-state index contributed by atoms with van der Waals surface area (Å²) in [6.07, 6.45) is 4.50. The topological polar surface area (TPSA) is 46.5 Å². The molecule has 1 aliphatic carbocycles. The molecule has 3 heteroatoms. The zero-order chi connectivity index (χ0) is 12.8. The average Bonchev–Trinajstić information content (AvgIpc) is 2.93. The normalized spacial score (nSPS) is 24.6. The van der Waals surface area contributed by atoms with Gasteiger partial charge in [-0.05, 0) is 25.3 Å². The van der Waals surface area contributed by atoms with E-state index in [0.717, 1.165) is 49.0 Å². The fraction of sp³-hybridized carbons (Fsp3) is 0.533. The van der Waals surface area contributed by atoms with Crippen LogP contribution < -0.4 is 4.74 Å². The van der Waals surface area contributed by atoms with Gasteiger partial charge in [0.05, 0.1) is 5.41 Å². The van der Waals surface area contributed by atoms with Gasteiger partial charge in [-0.15, -0.1) is 0 Å². The van der Waals surface area contributed by atoms with Crippen molar-refractivity contribution in [3.8, 4) is 5.75 Å². The van der Waals surface area contributed by atoms with Gasteiger partial charge in [0.25, 0.3) is 0 Å². The van der Waals surface area contributed by atoms with Crippen LogP contribution in [-0.4, -0.2) is 17.2 Å². The molecule has 2 aliphatic rings. The first-order valence-corrected chi connectivity index (χ1v) is 6.66. The van der Waals surface area contributed by atoms with Crippen LogP contribution in [0.2, 0.25) is 0 Å². The molecule has 1 aromatic rings. The summed E-state index contributed by atoms with van der Waals surface area (Å²) < 4.78 is 5.86. The molecular formula is C15H18O3. The third kappa shape index (κ3) is 1.53. The van der Waals surface area contributed by atoms with Gasteiger partial charge in [-0.2, -0.15) is 0 Å². The third-order valence-electron chi connectivity index (χ3n) is 4.31. The molecular weight excluding hydrogens is 228 g/mol. The Bertz CT molecular complexity index is 487. The Morgan fingerprint density at radius 2 is 2.11 bits per heavy atom. The molecule has 0 radical (unpaired) electrons. The molecule has 1 N–H and O–H groups in total. The number of carbonyl (C=O) groups is 1. The van der Waals surface area contributed by atoms with Gasteiger partial charge in [0.15, 0.2) is 0 Å². The van der Waals surface area contributed by atoms with Crippen molar-refractivity contribution in [2.45, 2.75) is 50.5 Å². The molecule has 3 rings (SSSR count). The number of benzene rings is 1. The highest BCUT2D eigenvalue weighted by Gasteiger charge is 2.46. The lowest BCUT2D eigenvalue weighted by Crippen LogP contribution is -2.33. The summed E-state index contributed by atoms with van der Waals surface area (Å²) in [5.41, 5.74) is 1.34. The van der Waals surface area contributed by atoms with Crippen LogP contribution in [0.15, 0.2) is 18.2 Å². The van der Waals surface area contributed by atoms with E-state index in [-0.39, 0.29) is 6.10 Å². The Morgan fingerprint density at radius 3 is 2.78 bits per heavy atom. The molecule has 0 bridgehead atoms. The summed E-state index contributed by atoms with van der Waals surface area (Å²) in [5.74, 6) is 0.144. The minimum Gasteiger partial charge on any atom is -0.490 e. The maximum absolute atomic E-state index is 11.7. The van der Waals surface area contributed by atoms with Crippen molar-refractivity contribution in [2.75, 3.05) is 0 Å². The van der Waals surface area contributed by atoms with Crippen LogP contribution in [0, 0.1) is 0 Å². The Kier molecular flexibility index (Phi) is 2.58. The summed E-state index contributed by atoms with van der Waals surface area (Å²) in [6.45, 7) is 2.03. The molecule has 1 aromatic carbocycles. The number of para-hydroxylation sites is 1. The van der Waals surface area contributed by atoms with E-state index in [1.54, 1.807) is 0 Å². The molecule has 0 amide bonds. The number of hydrogen-bond acceptors (Lipinski definition) is 2. The summed E-state index contributed by atoms with van der Waals surface area (Å²) in [7, 11) is 0. The van der Waals surface area contributed by atoms with E-state index in [1.165, 1.54) is 0 Å². The van der Waals surface area contributed by atoms with E-state index in [9.17, 15) is 9.90 Å². The number of fused-ring (bicyclic) bond motifs is 1. The molecule has 0 spiro atoms. The standard InChI is InChI=1S/C15H18O3/c1-10-9-11-5-4-6-12(13(11)18-10)15(14(16)17)7-2-3-8-15/h4-6,10H,2-3,7-9H2,1H3,(H,16,17). The quantitative estimate of drug-likeness (QED) is 0.872. The van der Waals surface area contributed by atoms with Gasteiger partial charge in [0, 0.05) is 12.0 Å². The molecule has 3 nitrogen and oxygen atoms in total. The molecule has 1 saturated carbocycles. The highest BCUT2D eigenvalue weighted by Crippen LogP contribution is 2.47. The lowest BCUT2D eigenvalue weighted by atomic mass is 9.78. The lowest BCUT2D eigenvalue weighted by Gasteiger charge is -2.26. The summed E-state index contributed by atoms with van der Waals surface area (Å²) in [4.78, 5) is 11.7. The maximum atomic E-state index is 11.7. The smallest absolute Gasteiger partial charge is 0.314 e. The third-order valence-corrected chi connectivity index (χ3v) is 4.31. The van der Waals surface area contributed by atoms with Gasteiger partial charge in [-0.3, -0.25) is 4.79 Å². The SMILES string of the molecule is CC1Cc2cccc(C3(C(=O)O)CCCC3)c2O1. The predicted molar refractivity (Wildman–Crippen MR) is 68.0 cm³/mol. The Morgan fingerprint density at radius 1 is 1.39 bits per heavy atom. The number of carboxylic acids is 1. The molecule has 0 aromatic heterocycles. The van der Waals surface area contributed by atoms with Crippen LogP contribution in [0.25, 0.3) is 0 Å². The Hall–Kier alpha value is -1.51. The predicted octanol–water partition coefficient (Wildman–Crippen LogP) is 2.91. The molecule has 96 valence electrons. The number of ether oxygens (including phenoxy) is 1. The minimum atomic E-state index is -0.713. The zero-order valence-corrected chi connectivity index (χ0v) is 10.6. The summed E-state index contributed by atoms with van der Waals surface area (Å²) in [5, 5.41) is 9.66. The van der Waals surface area contributed by atoms with Gasteiger partial charge in [-0.25, -0.2) is 0 Å². The van der Waals surface area contributed by atoms with E-state index in [1.807, 2.05) is 25.1 Å². The fourth-order valence-electron chi connectivity index (χ4n) is 3.39. The van der Waals surface area contributed by atoms with E-state index < -0.39 is 11.4 Å². The van der Waals surface area contributed by atoms with Crippen molar-refractivity contribution in [1.29, 1.82) is 0 Å². The number of rotatable bonds is 2. The van der Waals surface area contributed by atoms with Gasteiger partial charge >= 0.3 is 5.97 Å². The molecule has 1 aliphatic heterocycles. The van der Waals surface area contributed by atoms with Crippen LogP contribution in [0.1, 0.15) is 43.7 Å². The molecule has 0 saturated heterocycles. The monoisotopic (exact) mass is 246 g/mol. The van der Waals surface area contributed by atoms with E-state index in [2.05, 4.69) is 0 Å². The van der Waals surface area contributed by atoms with Gasteiger partial charge in [-0.1, -0.05) is 31.0 Å². The molecule has 1 heterocycles. The van der Waals surface area contributed by atoms with Gasteiger partial charge < -0.3 is 9.84 Å². The van der Waals surface area contributed by atoms with Gasteiger partial charge in [0.1, 0.15) is 11.9 Å². The van der Waals surface area contributed by atoms with Crippen molar-refractivity contribution in [3.05, 3.63) is 29.3 Å². The van der Waals surface area contributed by atoms with Crippen LogP contribution in [0.3, 0.4) is 0 Å². The Balaban J connectivity index is 2.12. The van der Waals surface area contributed by atoms with Crippen molar-refractivity contribution in [2.24, 2.45) is 0 Å². The summed E-state index contributed by atoms with van der Waals surface area (Å²) >= 11 is 0. The highest BCUT2D eigenvalue weighted by molar-refractivity contribution is 5.83. The van der Waals surface area contributed by atoms with E-state index in [4.69, 9.17) is 4.74 Å². The second kappa shape index (κ2) is 4.01. The van der Waals surface area contributed by atoms with E-state index >= 15 is 0 Å². The lowest BCUT2D eigenvalue weighted by molar-refractivity contribution is -0.143. The van der Waals surface area contributed by atoms with Crippen LogP contribution >= 0.6 is 0 Å². The number of aliphatic carboxylic acids is 1. The first-order valence-electron chi connectivity index (χ1n) is 6.66. The molecule has 1 fully saturated rings. The summed E-state index contributed by atoms with van der Waals surface area (Å²) in [6, 6.07) is 5.96. The van der Waals surface area contributed by atoms with Gasteiger partial charge in [0.2, 0.25) is 0 Å². The average molecular weight is 246 g/mol. The van der Waals surface area contributed by atoms with E-state index in [0.29, 0.717) is 0 Å². The van der Waals surface area contributed by atoms with Crippen LogP contribution in [-0.2, 0) is 16.6 Å². The molecule has 1 unspecified atom stereocenters. The minimum absolute atomic E-state index is 0.161. The second-order valence-electron chi connectivity index (χ2n) is 5.52. The number of hydrogen-bond donors (Lipinski definition) is 1.